The van der Waals surface area contributed by atoms with E-state index in [9.17, 15) is 4.79 Å². The number of rotatable bonds is 10. The first-order valence-corrected chi connectivity index (χ1v) is 9.96. The average molecular weight is 306 g/mol. The molecule has 0 aromatic heterocycles. The van der Waals surface area contributed by atoms with Crippen LogP contribution in [-0.4, -0.2) is 47.0 Å². The van der Waals surface area contributed by atoms with E-state index in [-0.39, 0.29) is 5.75 Å². The Morgan fingerprint density at radius 2 is 1.89 bits per heavy atom. The molecule has 0 unspecified atom stereocenters. The molecule has 0 rings (SSSR count). The van der Waals surface area contributed by atoms with Crippen LogP contribution in [0.25, 0.3) is 0 Å². The molecule has 0 atom stereocenters. The first-order chi connectivity index (χ1) is 9.00. The predicted octanol–water partition coefficient (Wildman–Crippen LogP) is 1.89. The monoisotopic (exact) mass is 306 g/mol. The topological polar surface area (TPSA) is 87.0 Å². The molecule has 5 nitrogen and oxygen atoms in total. The number of hydrogen-bond donors (Lipinski definition) is 3. The first kappa shape index (κ1) is 18.5. The molecule has 19 heavy (non-hydrogen) atoms. The van der Waals surface area contributed by atoms with Crippen LogP contribution in [0.2, 0.25) is 0 Å². The maximum Gasteiger partial charge on any atom is 0.523 e. The Bertz CT molecular complexity index is 311. The van der Waals surface area contributed by atoms with Gasteiger partial charge in [-0.3, -0.25) is 4.79 Å². The summed E-state index contributed by atoms with van der Waals surface area (Å²) in [5, 5.41) is 8.47. The number of carboxylic acid groups (broad SMARTS) is 1. The zero-order chi connectivity index (χ0) is 14.6. The Labute approximate surface area is 119 Å². The second kappa shape index (κ2) is 11.3. The van der Waals surface area contributed by atoms with Gasteiger partial charge in [-0.05, 0) is 6.42 Å². The van der Waals surface area contributed by atoms with Crippen molar-refractivity contribution in [1.29, 1.82) is 0 Å². The fraction of sp³-hybridized carbons (Fsp3) is 0.750. The minimum atomic E-state index is -4.18. The Balaban J connectivity index is 3.44. The minimum absolute atomic E-state index is 0.0887. The second-order valence-corrected chi connectivity index (χ2v) is 8.82. The van der Waals surface area contributed by atoms with Gasteiger partial charge in [0.15, 0.2) is 0 Å². The molecular formula is C12H22O5SSi. The number of hydrogen-bond acceptors (Lipinski definition) is 5. The van der Waals surface area contributed by atoms with Gasteiger partial charge in [-0.1, -0.05) is 44.4 Å². The molecule has 0 saturated carbocycles. The lowest BCUT2D eigenvalue weighted by atomic mass is 10.2. The van der Waals surface area contributed by atoms with Crippen LogP contribution in [0.3, 0.4) is 0 Å². The van der Waals surface area contributed by atoms with Gasteiger partial charge < -0.3 is 19.4 Å². The van der Waals surface area contributed by atoms with E-state index in [1.54, 1.807) is 0 Å². The predicted molar refractivity (Wildman–Crippen MR) is 78.0 cm³/mol. The Kier molecular flexibility index (Phi) is 11.0. The minimum Gasteiger partial charge on any atom is -0.480 e. The Morgan fingerprint density at radius 3 is 2.53 bits per heavy atom. The normalized spacial score (nSPS) is 10.9. The van der Waals surface area contributed by atoms with E-state index in [1.165, 1.54) is 25.7 Å². The zero-order valence-corrected chi connectivity index (χ0v) is 13.0. The van der Waals surface area contributed by atoms with Crippen molar-refractivity contribution in [1.82, 2.24) is 0 Å². The summed E-state index contributed by atoms with van der Waals surface area (Å²) in [5.41, 5.74) is -1.55. The average Bonchev–Trinajstić information content (AvgIpc) is 2.35. The second-order valence-electron chi connectivity index (χ2n) is 4.02. The standard InChI is InChI=1S/C12H22O5SSi/c1-2-3-4-5-6-9-17-10-7-8-11-18-19(15,16)12(13)14/h15-16H,2-6,9-11H2,1H3,(H,13,14). The van der Waals surface area contributed by atoms with Crippen LogP contribution in [0.4, 0.5) is 4.79 Å². The third-order valence-electron chi connectivity index (χ3n) is 2.32. The van der Waals surface area contributed by atoms with E-state index >= 15 is 0 Å². The number of unbranched alkanes of at least 4 members (excludes halogenated alkanes) is 4. The lowest BCUT2D eigenvalue weighted by Gasteiger charge is -2.08. The maximum atomic E-state index is 10.4. The van der Waals surface area contributed by atoms with Crippen LogP contribution in [0, 0.1) is 11.8 Å². The molecule has 0 saturated heterocycles. The molecule has 0 spiro atoms. The van der Waals surface area contributed by atoms with E-state index < -0.39 is 13.3 Å². The van der Waals surface area contributed by atoms with Crippen LogP contribution < -0.4 is 0 Å². The van der Waals surface area contributed by atoms with Crippen molar-refractivity contribution in [2.75, 3.05) is 19.0 Å². The first-order valence-electron chi connectivity index (χ1n) is 6.36. The molecule has 7 heteroatoms. The van der Waals surface area contributed by atoms with E-state index in [2.05, 4.69) is 18.8 Å². The molecule has 0 aliphatic rings. The zero-order valence-electron chi connectivity index (χ0n) is 11.2. The summed E-state index contributed by atoms with van der Waals surface area (Å²) in [6, 6.07) is 0. The van der Waals surface area contributed by atoms with Crippen molar-refractivity contribution in [2.45, 2.75) is 39.0 Å². The summed E-state index contributed by atoms with van der Waals surface area (Å²) >= 11 is 0.585. The number of carbonyl (C=O) groups is 1. The van der Waals surface area contributed by atoms with Gasteiger partial charge in [0.1, 0.15) is 6.61 Å². The summed E-state index contributed by atoms with van der Waals surface area (Å²) in [5.74, 6) is 5.45. The van der Waals surface area contributed by atoms with Crippen molar-refractivity contribution in [2.24, 2.45) is 0 Å². The molecule has 0 bridgehead atoms. The SMILES string of the molecule is CCCCCCCOCC#CCS[Si](O)(O)C(=O)O. The molecule has 0 aliphatic heterocycles. The molecule has 0 radical (unpaired) electrons. The summed E-state index contributed by atoms with van der Waals surface area (Å²) in [6.45, 7) is 3.15. The van der Waals surface area contributed by atoms with Crippen LogP contribution in [-0.2, 0) is 4.74 Å². The van der Waals surface area contributed by atoms with Gasteiger partial charge in [0.25, 0.3) is 0 Å². The molecule has 0 heterocycles. The van der Waals surface area contributed by atoms with Crippen LogP contribution >= 0.6 is 11.2 Å². The Hall–Kier alpha value is -0.523. The molecular weight excluding hydrogens is 284 g/mol. The molecule has 0 aromatic rings. The summed E-state index contributed by atoms with van der Waals surface area (Å²) in [4.78, 5) is 28.6. The highest BCUT2D eigenvalue weighted by atomic mass is 32.4. The summed E-state index contributed by atoms with van der Waals surface area (Å²) in [6.07, 6.45) is 5.91. The third kappa shape index (κ3) is 11.0. The van der Waals surface area contributed by atoms with Crippen LogP contribution in [0.5, 0.6) is 0 Å². The summed E-state index contributed by atoms with van der Waals surface area (Å²) < 4.78 is 5.28. The molecule has 110 valence electrons. The van der Waals surface area contributed by atoms with Gasteiger partial charge in [-0.15, -0.1) is 11.2 Å². The smallest absolute Gasteiger partial charge is 0.480 e. The van der Waals surface area contributed by atoms with Gasteiger partial charge in [0, 0.05) is 6.61 Å². The van der Waals surface area contributed by atoms with Gasteiger partial charge in [0.2, 0.25) is 0 Å². The van der Waals surface area contributed by atoms with Crippen LogP contribution in [0.15, 0.2) is 0 Å². The highest BCUT2D eigenvalue weighted by molar-refractivity contribution is 8.29. The lowest BCUT2D eigenvalue weighted by Crippen LogP contribution is -2.40. The lowest BCUT2D eigenvalue weighted by molar-refractivity contribution is 0.161. The van der Waals surface area contributed by atoms with Crippen molar-refractivity contribution in [3.8, 4) is 11.8 Å². The van der Waals surface area contributed by atoms with E-state index in [0.717, 1.165) is 6.42 Å². The highest BCUT2D eigenvalue weighted by Crippen LogP contribution is 2.13. The third-order valence-corrected chi connectivity index (χ3v) is 5.73. The van der Waals surface area contributed by atoms with Crippen molar-refractivity contribution in [3.05, 3.63) is 0 Å². The molecule has 0 aromatic carbocycles. The quantitative estimate of drug-likeness (QED) is 0.325. The maximum absolute atomic E-state index is 10.4. The van der Waals surface area contributed by atoms with Gasteiger partial charge in [0.05, 0.1) is 5.75 Å². The van der Waals surface area contributed by atoms with Crippen molar-refractivity contribution in [3.63, 3.8) is 0 Å². The van der Waals surface area contributed by atoms with Crippen molar-refractivity contribution < 1.29 is 24.2 Å². The van der Waals surface area contributed by atoms with E-state index in [1.807, 2.05) is 0 Å². The van der Waals surface area contributed by atoms with Gasteiger partial charge in [-0.25, -0.2) is 0 Å². The van der Waals surface area contributed by atoms with Gasteiger partial charge >= 0.3 is 13.3 Å². The van der Waals surface area contributed by atoms with Crippen LogP contribution in [0.1, 0.15) is 39.0 Å². The van der Waals surface area contributed by atoms with Gasteiger partial charge in [-0.2, -0.15) is 0 Å². The fourth-order valence-electron chi connectivity index (χ4n) is 1.23. The molecule has 3 N–H and O–H groups in total. The largest absolute Gasteiger partial charge is 0.523 e. The molecule has 0 amide bonds. The Morgan fingerprint density at radius 1 is 1.21 bits per heavy atom. The van der Waals surface area contributed by atoms with Crippen molar-refractivity contribution >= 4 is 24.5 Å². The van der Waals surface area contributed by atoms with E-state index in [0.29, 0.717) is 24.4 Å². The highest BCUT2D eigenvalue weighted by Gasteiger charge is 2.40. The molecule has 0 fully saturated rings. The molecule has 0 aliphatic carbocycles. The number of ether oxygens (including phenoxy) is 1. The van der Waals surface area contributed by atoms with E-state index in [4.69, 9.17) is 19.4 Å². The fourth-order valence-corrected chi connectivity index (χ4v) is 2.92. The summed E-state index contributed by atoms with van der Waals surface area (Å²) in [7, 11) is -4.18.